The highest BCUT2D eigenvalue weighted by atomic mass is 16.3. The van der Waals surface area contributed by atoms with Gasteiger partial charge in [-0.25, -0.2) is 0 Å². The van der Waals surface area contributed by atoms with E-state index in [0.717, 1.165) is 114 Å². The first-order valence-corrected chi connectivity index (χ1v) is 21.3. The van der Waals surface area contributed by atoms with Crippen molar-refractivity contribution in [3.05, 3.63) is 0 Å². The molecule has 5 saturated carbocycles. The van der Waals surface area contributed by atoms with Gasteiger partial charge in [-0.05, 0) is 136 Å². The number of carbonyl (C=O) groups is 1. The monoisotopic (exact) mass is 685 g/mol. The molecule has 6 rings (SSSR count). The standard InChI is InChI=1S/C41H76N6O2/c1-29(34-13-14-35-33-12-11-30-27-32(48)16-18-40(30,2)36(33)17-19-41(34,35)3)10-15-39(49)46-20-6-7-31-28-47-38-9-5-4-8-37(38)45-26-24-43-22-21-42-23-25-44-31/h29-38,42-45,47-48H,4-28H2,1-3H3,(H,46,49)/t29-,30?,31?,32-,33+,34-,35+,36+,37?,38?,40+,41-/m1/s1. The number of aliphatic hydroxyl groups excluding tert-OH is 1. The van der Waals surface area contributed by atoms with E-state index in [4.69, 9.17) is 0 Å². The molecule has 0 aromatic heterocycles. The third kappa shape index (κ3) is 9.25. The van der Waals surface area contributed by atoms with Gasteiger partial charge in [-0.1, -0.05) is 33.6 Å². The number of nitrogens with one attached hydrogen (secondary N) is 6. The van der Waals surface area contributed by atoms with E-state index in [1.165, 1.54) is 70.6 Å². The summed E-state index contributed by atoms with van der Waals surface area (Å²) in [5.41, 5.74) is 0.898. The van der Waals surface area contributed by atoms with E-state index < -0.39 is 0 Å². The lowest BCUT2D eigenvalue weighted by atomic mass is 9.44. The van der Waals surface area contributed by atoms with Crippen LogP contribution >= 0.6 is 0 Å². The van der Waals surface area contributed by atoms with Crippen LogP contribution in [0.1, 0.15) is 130 Å². The number of hydrogen-bond donors (Lipinski definition) is 7. The molecule has 0 bridgehead atoms. The summed E-state index contributed by atoms with van der Waals surface area (Å²) in [5, 5.41) is 32.4. The highest BCUT2D eigenvalue weighted by Crippen LogP contribution is 2.68. The van der Waals surface area contributed by atoms with Crippen LogP contribution in [0.4, 0.5) is 0 Å². The van der Waals surface area contributed by atoms with Crippen molar-refractivity contribution in [3.8, 4) is 0 Å². The Kier molecular flexibility index (Phi) is 13.8. The Morgan fingerprint density at radius 1 is 0.796 bits per heavy atom. The molecular weight excluding hydrogens is 608 g/mol. The summed E-state index contributed by atoms with van der Waals surface area (Å²) in [6.07, 6.45) is 20.5. The van der Waals surface area contributed by atoms with Gasteiger partial charge in [0.1, 0.15) is 0 Å². The lowest BCUT2D eigenvalue weighted by Gasteiger charge is -2.61. The zero-order chi connectivity index (χ0) is 34.3. The van der Waals surface area contributed by atoms with Crippen LogP contribution < -0.4 is 31.9 Å². The Morgan fingerprint density at radius 3 is 2.29 bits per heavy atom. The van der Waals surface area contributed by atoms with Crippen molar-refractivity contribution < 1.29 is 9.90 Å². The van der Waals surface area contributed by atoms with Gasteiger partial charge in [0.05, 0.1) is 6.10 Å². The zero-order valence-corrected chi connectivity index (χ0v) is 31.8. The van der Waals surface area contributed by atoms with Crippen molar-refractivity contribution >= 4 is 5.91 Å². The summed E-state index contributed by atoms with van der Waals surface area (Å²) in [6.45, 7) is 15.6. The SMILES string of the molecule is C[C@H](CCC(=O)NCCCC1CNC2CCCCC2NCCNCCNCCN1)[C@H]1CC[C@H]2[C@@H]3CCC4C[C@H](O)CC[C@]4(C)[C@H]3CC[C@]12C. The maximum atomic E-state index is 13.1. The van der Waals surface area contributed by atoms with Crippen LogP contribution in [0, 0.1) is 46.3 Å². The van der Waals surface area contributed by atoms with Crippen molar-refractivity contribution in [1.82, 2.24) is 31.9 Å². The number of amides is 1. The largest absolute Gasteiger partial charge is 0.393 e. The fourth-order valence-electron chi connectivity index (χ4n) is 12.8. The maximum absolute atomic E-state index is 13.1. The van der Waals surface area contributed by atoms with Gasteiger partial charge >= 0.3 is 0 Å². The van der Waals surface area contributed by atoms with Crippen LogP contribution in [0.25, 0.3) is 0 Å². The first-order chi connectivity index (χ1) is 23.8. The molecule has 1 heterocycles. The topological polar surface area (TPSA) is 109 Å². The average molecular weight is 685 g/mol. The summed E-state index contributed by atoms with van der Waals surface area (Å²) in [5.74, 6) is 4.97. The van der Waals surface area contributed by atoms with Crippen molar-refractivity contribution in [1.29, 1.82) is 0 Å². The first-order valence-electron chi connectivity index (χ1n) is 21.3. The first kappa shape index (κ1) is 38.0. The summed E-state index contributed by atoms with van der Waals surface area (Å²) in [7, 11) is 0. The molecule has 8 heteroatoms. The molecule has 1 saturated heterocycles. The third-order valence-electron chi connectivity index (χ3n) is 15.6. The fourth-order valence-corrected chi connectivity index (χ4v) is 12.8. The summed E-state index contributed by atoms with van der Waals surface area (Å²) in [4.78, 5) is 13.1. The van der Waals surface area contributed by atoms with E-state index in [1.54, 1.807) is 0 Å². The summed E-state index contributed by atoms with van der Waals surface area (Å²) in [6, 6.07) is 1.56. The highest BCUT2D eigenvalue weighted by molar-refractivity contribution is 5.75. The molecule has 1 aliphatic heterocycles. The minimum absolute atomic E-state index is 0.0565. The summed E-state index contributed by atoms with van der Waals surface area (Å²) >= 11 is 0. The number of fused-ring (bicyclic) bond motifs is 6. The third-order valence-corrected chi connectivity index (χ3v) is 15.6. The van der Waals surface area contributed by atoms with Gasteiger partial charge in [0.25, 0.3) is 0 Å². The molecule has 0 aromatic rings. The van der Waals surface area contributed by atoms with Crippen LogP contribution in [0.5, 0.6) is 0 Å². The Hall–Kier alpha value is -0.770. The quantitative estimate of drug-likeness (QED) is 0.181. The van der Waals surface area contributed by atoms with Crippen molar-refractivity contribution in [3.63, 3.8) is 0 Å². The number of rotatable bonds is 8. The molecule has 8 nitrogen and oxygen atoms in total. The van der Waals surface area contributed by atoms with E-state index in [-0.39, 0.29) is 12.0 Å². The number of carbonyl (C=O) groups excluding carboxylic acids is 1. The van der Waals surface area contributed by atoms with Gasteiger partial charge in [-0.3, -0.25) is 4.79 Å². The molecule has 282 valence electrons. The van der Waals surface area contributed by atoms with E-state index in [1.807, 2.05) is 0 Å². The van der Waals surface area contributed by atoms with Gasteiger partial charge < -0.3 is 37.0 Å². The normalized spacial score (nSPS) is 43.1. The highest BCUT2D eigenvalue weighted by Gasteiger charge is 2.60. The molecule has 5 aliphatic carbocycles. The second kappa shape index (κ2) is 17.8. The van der Waals surface area contributed by atoms with Crippen molar-refractivity contribution in [2.75, 3.05) is 52.4 Å². The summed E-state index contributed by atoms with van der Waals surface area (Å²) < 4.78 is 0. The van der Waals surface area contributed by atoms with Crippen molar-refractivity contribution in [2.24, 2.45) is 46.3 Å². The number of aliphatic hydroxyl groups is 1. The fraction of sp³-hybridized carbons (Fsp3) is 0.976. The molecule has 0 spiro atoms. The molecule has 4 unspecified atom stereocenters. The molecule has 0 aromatic carbocycles. The molecule has 6 fully saturated rings. The maximum Gasteiger partial charge on any atom is 0.220 e. The molecule has 49 heavy (non-hydrogen) atoms. The van der Waals surface area contributed by atoms with Gasteiger partial charge in [0.15, 0.2) is 0 Å². The van der Waals surface area contributed by atoms with Crippen LogP contribution in [0.15, 0.2) is 0 Å². The molecule has 6 aliphatic rings. The predicted octanol–water partition coefficient (Wildman–Crippen LogP) is 4.96. The number of hydrogen-bond acceptors (Lipinski definition) is 7. The second-order valence-corrected chi connectivity index (χ2v) is 18.3. The Morgan fingerprint density at radius 2 is 1.49 bits per heavy atom. The van der Waals surface area contributed by atoms with Crippen LogP contribution in [-0.4, -0.2) is 87.6 Å². The van der Waals surface area contributed by atoms with Crippen LogP contribution in [0.3, 0.4) is 0 Å². The predicted molar refractivity (Wildman–Crippen MR) is 201 cm³/mol. The average Bonchev–Trinajstić information content (AvgIpc) is 3.45. The smallest absolute Gasteiger partial charge is 0.220 e. The Labute approximate surface area is 300 Å². The lowest BCUT2D eigenvalue weighted by molar-refractivity contribution is -0.129. The Bertz CT molecular complexity index is 1030. The van der Waals surface area contributed by atoms with Gasteiger partial charge in [0, 0.05) is 76.9 Å². The Balaban J connectivity index is 0.922. The van der Waals surface area contributed by atoms with Crippen molar-refractivity contribution in [2.45, 2.75) is 154 Å². The molecule has 12 atom stereocenters. The molecular formula is C41H76N6O2. The van der Waals surface area contributed by atoms with Gasteiger partial charge in [-0.15, -0.1) is 0 Å². The van der Waals surface area contributed by atoms with E-state index in [9.17, 15) is 9.90 Å². The van der Waals surface area contributed by atoms with E-state index >= 15 is 0 Å². The molecule has 0 radical (unpaired) electrons. The lowest BCUT2D eigenvalue weighted by Crippen LogP contribution is -2.54. The van der Waals surface area contributed by atoms with Gasteiger partial charge in [-0.2, -0.15) is 0 Å². The second-order valence-electron chi connectivity index (χ2n) is 18.3. The van der Waals surface area contributed by atoms with Gasteiger partial charge in [0.2, 0.25) is 5.91 Å². The van der Waals surface area contributed by atoms with E-state index in [0.29, 0.717) is 41.3 Å². The van der Waals surface area contributed by atoms with Crippen LogP contribution in [0.2, 0.25) is 0 Å². The minimum atomic E-state index is -0.0565. The molecule has 7 N–H and O–H groups in total. The zero-order valence-electron chi connectivity index (χ0n) is 31.8. The minimum Gasteiger partial charge on any atom is -0.393 e. The van der Waals surface area contributed by atoms with Crippen LogP contribution in [-0.2, 0) is 4.79 Å². The van der Waals surface area contributed by atoms with E-state index in [2.05, 4.69) is 52.7 Å². The molecule has 1 amide bonds.